The van der Waals surface area contributed by atoms with Crippen LogP contribution in [0.1, 0.15) is 11.3 Å². The summed E-state index contributed by atoms with van der Waals surface area (Å²) in [6, 6.07) is 20.9. The second-order valence-corrected chi connectivity index (χ2v) is 7.98. The molecule has 5 rings (SSSR count). The number of oxazole rings is 1. The number of rotatable bonds is 5. The molecule has 0 aliphatic carbocycles. The van der Waals surface area contributed by atoms with Crippen molar-refractivity contribution < 1.29 is 4.42 Å². The van der Waals surface area contributed by atoms with E-state index in [4.69, 9.17) is 9.40 Å². The van der Waals surface area contributed by atoms with Crippen molar-refractivity contribution in [3.8, 4) is 17.3 Å². The van der Waals surface area contributed by atoms with Gasteiger partial charge >= 0.3 is 0 Å². The predicted molar refractivity (Wildman–Crippen MR) is 121 cm³/mol. The molecule has 0 spiro atoms. The molecule has 0 saturated carbocycles. The smallest absolute Gasteiger partial charge is 0.267 e. The lowest BCUT2D eigenvalue weighted by atomic mass is 10.2. The van der Waals surface area contributed by atoms with Crippen molar-refractivity contribution >= 4 is 22.7 Å². The Morgan fingerprint density at radius 1 is 1.00 bits per heavy atom. The molecular weight excluding hydrogens is 408 g/mol. The van der Waals surface area contributed by atoms with Crippen molar-refractivity contribution in [1.29, 1.82) is 0 Å². The molecule has 0 N–H and O–H groups in total. The van der Waals surface area contributed by atoms with Crippen molar-refractivity contribution in [2.24, 2.45) is 0 Å². The van der Waals surface area contributed by atoms with E-state index < -0.39 is 0 Å². The van der Waals surface area contributed by atoms with Crippen LogP contribution >= 0.6 is 11.8 Å². The molecule has 3 heterocycles. The minimum absolute atomic E-state index is 0.142. The van der Waals surface area contributed by atoms with Crippen molar-refractivity contribution in [1.82, 2.24) is 19.5 Å². The van der Waals surface area contributed by atoms with Crippen molar-refractivity contribution in [2.75, 3.05) is 0 Å². The van der Waals surface area contributed by atoms with Gasteiger partial charge in [-0.05, 0) is 48.9 Å². The van der Waals surface area contributed by atoms with E-state index in [-0.39, 0.29) is 5.56 Å². The van der Waals surface area contributed by atoms with Crippen LogP contribution in [0.4, 0.5) is 0 Å². The quantitative estimate of drug-likeness (QED) is 0.290. The normalized spacial score (nSPS) is 11.1. The van der Waals surface area contributed by atoms with Gasteiger partial charge in [0.2, 0.25) is 5.89 Å². The molecule has 6 nitrogen and oxygen atoms in total. The molecule has 0 unspecified atom stereocenters. The topological polar surface area (TPSA) is 73.8 Å². The van der Waals surface area contributed by atoms with Gasteiger partial charge in [-0.25, -0.2) is 19.5 Å². The van der Waals surface area contributed by atoms with Crippen LogP contribution < -0.4 is 5.56 Å². The van der Waals surface area contributed by atoms with E-state index in [0.717, 1.165) is 16.8 Å². The highest BCUT2D eigenvalue weighted by Gasteiger charge is 2.15. The molecule has 3 aromatic heterocycles. The highest BCUT2D eigenvalue weighted by Crippen LogP contribution is 2.26. The number of para-hydroxylation sites is 1. The number of aryl methyl sites for hydroxylation is 1. The van der Waals surface area contributed by atoms with Crippen molar-refractivity contribution in [2.45, 2.75) is 17.8 Å². The molecule has 5 aromatic rings. The number of benzene rings is 2. The lowest BCUT2D eigenvalue weighted by Gasteiger charge is -2.12. The van der Waals surface area contributed by atoms with Crippen LogP contribution in [0.5, 0.6) is 0 Å². The van der Waals surface area contributed by atoms with Crippen molar-refractivity contribution in [3.05, 3.63) is 101 Å². The van der Waals surface area contributed by atoms with Gasteiger partial charge in [0.05, 0.1) is 16.6 Å². The Bertz CT molecular complexity index is 1430. The van der Waals surface area contributed by atoms with Crippen LogP contribution in [0, 0.1) is 6.92 Å². The van der Waals surface area contributed by atoms with Gasteiger partial charge in [0.1, 0.15) is 12.1 Å². The summed E-state index contributed by atoms with van der Waals surface area (Å²) in [6.07, 6.45) is 3.34. The van der Waals surface area contributed by atoms with Gasteiger partial charge in [-0.15, -0.1) is 0 Å². The molecule has 152 valence electrons. The minimum atomic E-state index is -0.142. The summed E-state index contributed by atoms with van der Waals surface area (Å²) in [5, 5.41) is 1.12. The molecule has 0 aliphatic heterocycles. The van der Waals surface area contributed by atoms with Crippen LogP contribution in [0.15, 0.2) is 93.6 Å². The SMILES string of the molecule is Cc1ccnc(-n2c(SCc3coc(-c4ccccc4)n3)nc3ccccc3c2=O)c1. The maximum Gasteiger partial charge on any atom is 0.267 e. The monoisotopic (exact) mass is 426 g/mol. The first-order valence-corrected chi connectivity index (χ1v) is 10.7. The Hall–Kier alpha value is -3.71. The summed E-state index contributed by atoms with van der Waals surface area (Å²) in [5.74, 6) is 1.63. The van der Waals surface area contributed by atoms with Gasteiger partial charge < -0.3 is 4.42 Å². The number of nitrogens with zero attached hydrogens (tertiary/aromatic N) is 4. The highest BCUT2D eigenvalue weighted by molar-refractivity contribution is 7.98. The maximum absolute atomic E-state index is 13.3. The van der Waals surface area contributed by atoms with Gasteiger partial charge in [0.25, 0.3) is 5.56 Å². The van der Waals surface area contributed by atoms with E-state index in [9.17, 15) is 4.79 Å². The first-order chi connectivity index (χ1) is 15.2. The van der Waals surface area contributed by atoms with Crippen LogP contribution in [0.3, 0.4) is 0 Å². The number of pyridine rings is 1. The van der Waals surface area contributed by atoms with Crippen LogP contribution in [-0.2, 0) is 5.75 Å². The molecule has 0 aliphatic rings. The number of hydrogen-bond donors (Lipinski definition) is 0. The van der Waals surface area contributed by atoms with E-state index in [1.54, 1.807) is 23.1 Å². The molecule has 7 heteroatoms. The van der Waals surface area contributed by atoms with Gasteiger partial charge in [-0.3, -0.25) is 4.79 Å². The molecule has 0 atom stereocenters. The second-order valence-electron chi connectivity index (χ2n) is 7.04. The van der Waals surface area contributed by atoms with E-state index in [2.05, 4.69) is 9.97 Å². The largest absolute Gasteiger partial charge is 0.444 e. The third-order valence-corrected chi connectivity index (χ3v) is 5.77. The second kappa shape index (κ2) is 8.20. The Labute approximate surface area is 182 Å². The van der Waals surface area contributed by atoms with Gasteiger partial charge in [-0.1, -0.05) is 42.1 Å². The first kappa shape index (κ1) is 19.3. The number of hydrogen-bond acceptors (Lipinski definition) is 6. The van der Waals surface area contributed by atoms with Crippen LogP contribution in [0.25, 0.3) is 28.2 Å². The maximum atomic E-state index is 13.3. The molecule has 0 amide bonds. The summed E-state index contributed by atoms with van der Waals surface area (Å²) in [7, 11) is 0. The van der Waals surface area contributed by atoms with E-state index in [1.165, 1.54) is 11.8 Å². The fourth-order valence-electron chi connectivity index (χ4n) is 3.28. The molecule has 0 fully saturated rings. The third kappa shape index (κ3) is 3.87. The molecule has 2 aromatic carbocycles. The summed E-state index contributed by atoms with van der Waals surface area (Å²) < 4.78 is 7.21. The fourth-order valence-corrected chi connectivity index (χ4v) is 4.16. The lowest BCUT2D eigenvalue weighted by molar-refractivity contribution is 0.573. The predicted octanol–water partition coefficient (Wildman–Crippen LogP) is 5.04. The Balaban J connectivity index is 1.53. The third-order valence-electron chi connectivity index (χ3n) is 4.80. The Morgan fingerprint density at radius 2 is 1.81 bits per heavy atom. The van der Waals surface area contributed by atoms with Crippen LogP contribution in [0.2, 0.25) is 0 Å². The number of aromatic nitrogens is 4. The zero-order valence-corrected chi connectivity index (χ0v) is 17.5. The van der Waals surface area contributed by atoms with E-state index >= 15 is 0 Å². The minimum Gasteiger partial charge on any atom is -0.444 e. The molecule has 31 heavy (non-hydrogen) atoms. The summed E-state index contributed by atoms with van der Waals surface area (Å²) in [6.45, 7) is 1.97. The average Bonchev–Trinajstić information content (AvgIpc) is 3.27. The van der Waals surface area contributed by atoms with Crippen LogP contribution in [-0.4, -0.2) is 19.5 Å². The summed E-state index contributed by atoms with van der Waals surface area (Å²) >= 11 is 1.43. The zero-order chi connectivity index (χ0) is 21.2. The Kier molecular flexibility index (Phi) is 5.09. The average molecular weight is 427 g/mol. The number of thioether (sulfide) groups is 1. The van der Waals surface area contributed by atoms with Gasteiger partial charge in [0, 0.05) is 17.5 Å². The molecular formula is C24H18N4O2S. The van der Waals surface area contributed by atoms with Crippen molar-refractivity contribution in [3.63, 3.8) is 0 Å². The highest BCUT2D eigenvalue weighted by atomic mass is 32.2. The fraction of sp³-hybridized carbons (Fsp3) is 0.0833. The van der Waals surface area contributed by atoms with Gasteiger partial charge in [0.15, 0.2) is 5.16 Å². The van der Waals surface area contributed by atoms with Gasteiger partial charge in [-0.2, -0.15) is 0 Å². The standard InChI is InChI=1S/C24H18N4O2S/c1-16-11-12-25-21(13-16)28-23(29)19-9-5-6-10-20(19)27-24(28)31-15-18-14-30-22(26-18)17-7-3-2-4-8-17/h2-14H,15H2,1H3. The van der Waals surface area contributed by atoms with E-state index in [1.807, 2.05) is 67.6 Å². The molecule has 0 saturated heterocycles. The number of fused-ring (bicyclic) bond motifs is 1. The van der Waals surface area contributed by atoms with E-state index in [0.29, 0.717) is 33.5 Å². The molecule has 0 bridgehead atoms. The summed E-state index contributed by atoms with van der Waals surface area (Å²) in [4.78, 5) is 27.0. The lowest BCUT2D eigenvalue weighted by Crippen LogP contribution is -2.22. The Morgan fingerprint density at radius 3 is 2.65 bits per heavy atom. The molecule has 0 radical (unpaired) electrons. The summed E-state index contributed by atoms with van der Waals surface area (Å²) in [5.41, 5.74) is 3.23. The zero-order valence-electron chi connectivity index (χ0n) is 16.7. The first-order valence-electron chi connectivity index (χ1n) is 9.76.